The smallest absolute Gasteiger partial charge is 0.354 e. The van der Waals surface area contributed by atoms with Crippen LogP contribution in [0.1, 0.15) is 16.9 Å². The molecule has 0 spiro atoms. The van der Waals surface area contributed by atoms with Crippen molar-refractivity contribution in [1.82, 2.24) is 19.5 Å². The molecule has 3 N–H and O–H groups in total. The first kappa shape index (κ1) is 19.2. The molecule has 0 aromatic carbocycles. The zero-order valence-corrected chi connectivity index (χ0v) is 15.5. The van der Waals surface area contributed by atoms with E-state index in [0.29, 0.717) is 18.5 Å². The molecule has 0 unspecified atom stereocenters. The van der Waals surface area contributed by atoms with Gasteiger partial charge in [0.15, 0.2) is 0 Å². The fourth-order valence-electron chi connectivity index (χ4n) is 2.45. The van der Waals surface area contributed by atoms with Gasteiger partial charge in [0, 0.05) is 48.7 Å². The first-order valence-corrected chi connectivity index (χ1v) is 9.23. The van der Waals surface area contributed by atoms with E-state index >= 15 is 0 Å². The predicted octanol–water partition coefficient (Wildman–Crippen LogP) is 2.82. The van der Waals surface area contributed by atoms with Crippen molar-refractivity contribution in [2.24, 2.45) is 5.73 Å². The average Bonchev–Trinajstić information content (AvgIpc) is 3.40. The van der Waals surface area contributed by atoms with E-state index in [0.717, 1.165) is 16.5 Å². The van der Waals surface area contributed by atoms with Crippen molar-refractivity contribution in [3.05, 3.63) is 65.8 Å². The van der Waals surface area contributed by atoms with Gasteiger partial charge in [-0.3, -0.25) is 9.78 Å². The fraction of sp³-hybridized carbons (Fsp3) is 0.105. The van der Waals surface area contributed by atoms with Crippen molar-refractivity contribution in [3.8, 4) is 11.1 Å². The summed E-state index contributed by atoms with van der Waals surface area (Å²) < 4.78 is 1.81. The summed E-state index contributed by atoms with van der Waals surface area (Å²) in [6.45, 7) is 0.620. The monoisotopic (exact) mass is 395 g/mol. The lowest BCUT2D eigenvalue weighted by atomic mass is 10.1. The Bertz CT molecular complexity index is 1080. The molecule has 4 aromatic heterocycles. The number of aromatic nitrogens is 4. The first-order chi connectivity index (χ1) is 13.5. The van der Waals surface area contributed by atoms with E-state index in [1.165, 1.54) is 6.07 Å². The van der Waals surface area contributed by atoms with E-state index in [9.17, 15) is 9.59 Å². The molecule has 0 fully saturated rings. The van der Waals surface area contributed by atoms with Gasteiger partial charge in [0.1, 0.15) is 5.69 Å². The van der Waals surface area contributed by atoms with Gasteiger partial charge in [-0.05, 0) is 34.5 Å². The molecule has 0 saturated heterocycles. The van der Waals surface area contributed by atoms with Crippen LogP contribution >= 0.6 is 11.3 Å². The number of hydrogen-bond donors (Lipinski definition) is 2. The number of pyridine rings is 2. The molecular formula is C19H17N5O3S. The number of rotatable bonds is 5. The van der Waals surface area contributed by atoms with Crippen molar-refractivity contribution in [3.63, 3.8) is 0 Å². The maximum atomic E-state index is 11.0. The van der Waals surface area contributed by atoms with Crippen LogP contribution in [0.2, 0.25) is 0 Å². The van der Waals surface area contributed by atoms with Gasteiger partial charge in [-0.15, -0.1) is 0 Å². The average molecular weight is 395 g/mol. The minimum atomic E-state index is -1.02. The molecule has 0 aliphatic rings. The molecule has 9 heteroatoms. The SMILES string of the molecule is NC(=O)CCn1ccnc1.O=C(O)c1ccc2cncc(-c3ccsc3)c2n1. The molecule has 4 aromatic rings. The number of hydrogen-bond acceptors (Lipinski definition) is 6. The van der Waals surface area contributed by atoms with Gasteiger partial charge < -0.3 is 15.4 Å². The molecule has 0 saturated carbocycles. The number of carboxylic acids is 1. The van der Waals surface area contributed by atoms with Crippen LogP contribution in [0.15, 0.2) is 60.1 Å². The molecule has 0 atom stereocenters. The summed E-state index contributed by atoms with van der Waals surface area (Å²) in [5, 5.41) is 13.8. The third-order valence-corrected chi connectivity index (χ3v) is 4.51. The Labute approximate surface area is 164 Å². The number of primary amides is 1. The maximum Gasteiger partial charge on any atom is 0.354 e. The molecule has 4 rings (SSSR count). The van der Waals surface area contributed by atoms with E-state index in [1.54, 1.807) is 48.5 Å². The zero-order chi connectivity index (χ0) is 19.9. The topological polar surface area (TPSA) is 124 Å². The third-order valence-electron chi connectivity index (χ3n) is 3.83. The second-order valence-corrected chi connectivity index (χ2v) is 6.57. The van der Waals surface area contributed by atoms with E-state index in [2.05, 4.69) is 15.0 Å². The number of aromatic carboxylic acids is 1. The van der Waals surface area contributed by atoms with Crippen LogP contribution in [0.5, 0.6) is 0 Å². The van der Waals surface area contributed by atoms with Gasteiger partial charge in [0.2, 0.25) is 5.91 Å². The Morgan fingerprint density at radius 3 is 2.68 bits per heavy atom. The van der Waals surface area contributed by atoms with Crippen molar-refractivity contribution < 1.29 is 14.7 Å². The number of carboxylic acid groups (broad SMARTS) is 1. The first-order valence-electron chi connectivity index (χ1n) is 8.29. The summed E-state index contributed by atoms with van der Waals surface area (Å²) in [6.07, 6.45) is 8.89. The highest BCUT2D eigenvalue weighted by Crippen LogP contribution is 2.28. The summed E-state index contributed by atoms with van der Waals surface area (Å²) in [7, 11) is 0. The van der Waals surface area contributed by atoms with Gasteiger partial charge >= 0.3 is 5.97 Å². The number of imidazole rings is 1. The van der Waals surface area contributed by atoms with Crippen LogP contribution in [0.3, 0.4) is 0 Å². The summed E-state index contributed by atoms with van der Waals surface area (Å²) in [5.74, 6) is -1.31. The number of carbonyl (C=O) groups excluding carboxylic acids is 1. The highest BCUT2D eigenvalue weighted by Gasteiger charge is 2.10. The standard InChI is InChI=1S/C13H8N2O2S.C6H9N3O/c16-13(17)11-2-1-8-5-14-6-10(12(8)15-11)9-3-4-18-7-9;7-6(10)1-3-9-4-2-8-5-9/h1-7H,(H,16,17);2,4-5H,1,3H2,(H2,7,10). The molecule has 1 amide bonds. The Balaban J connectivity index is 0.000000192. The highest BCUT2D eigenvalue weighted by atomic mass is 32.1. The number of amides is 1. The van der Waals surface area contributed by atoms with E-state index < -0.39 is 5.97 Å². The number of carbonyl (C=O) groups is 2. The van der Waals surface area contributed by atoms with Gasteiger partial charge in [0.05, 0.1) is 11.8 Å². The van der Waals surface area contributed by atoms with E-state index in [-0.39, 0.29) is 11.6 Å². The summed E-state index contributed by atoms with van der Waals surface area (Å²) in [5.41, 5.74) is 7.52. The van der Waals surface area contributed by atoms with Crippen LogP contribution < -0.4 is 5.73 Å². The quantitative estimate of drug-likeness (QED) is 0.535. The molecule has 0 aliphatic carbocycles. The Kier molecular flexibility index (Phi) is 6.07. The summed E-state index contributed by atoms with van der Waals surface area (Å²) >= 11 is 1.58. The van der Waals surface area contributed by atoms with Gasteiger partial charge in [-0.25, -0.2) is 14.8 Å². The largest absolute Gasteiger partial charge is 0.477 e. The van der Waals surface area contributed by atoms with Gasteiger partial charge in [0.25, 0.3) is 0 Å². The van der Waals surface area contributed by atoms with Crippen LogP contribution in [-0.2, 0) is 11.3 Å². The molecule has 0 radical (unpaired) electrons. The van der Waals surface area contributed by atoms with E-state index in [4.69, 9.17) is 10.8 Å². The van der Waals surface area contributed by atoms with Crippen LogP contribution in [0.25, 0.3) is 22.0 Å². The van der Waals surface area contributed by atoms with Gasteiger partial charge in [-0.1, -0.05) is 0 Å². The lowest BCUT2D eigenvalue weighted by Crippen LogP contribution is -2.13. The number of nitrogens with zero attached hydrogens (tertiary/aromatic N) is 4. The van der Waals surface area contributed by atoms with Crippen molar-refractivity contribution in [1.29, 1.82) is 0 Å². The Morgan fingerprint density at radius 1 is 1.18 bits per heavy atom. The second-order valence-electron chi connectivity index (χ2n) is 5.79. The summed E-state index contributed by atoms with van der Waals surface area (Å²) in [4.78, 5) is 33.4. The molecular weight excluding hydrogens is 378 g/mol. The predicted molar refractivity (Wildman–Crippen MR) is 106 cm³/mol. The number of nitrogens with two attached hydrogens (primary N) is 1. The van der Waals surface area contributed by atoms with Crippen molar-refractivity contribution in [2.45, 2.75) is 13.0 Å². The molecule has 28 heavy (non-hydrogen) atoms. The molecule has 142 valence electrons. The van der Waals surface area contributed by atoms with Crippen LogP contribution in [-0.4, -0.2) is 36.5 Å². The van der Waals surface area contributed by atoms with Crippen molar-refractivity contribution in [2.75, 3.05) is 0 Å². The molecule has 0 bridgehead atoms. The lowest BCUT2D eigenvalue weighted by molar-refractivity contribution is -0.118. The third kappa shape index (κ3) is 4.77. The van der Waals surface area contributed by atoms with Crippen molar-refractivity contribution >= 4 is 34.1 Å². The van der Waals surface area contributed by atoms with Crippen LogP contribution in [0, 0.1) is 0 Å². The number of aryl methyl sites for hydroxylation is 1. The number of fused-ring (bicyclic) bond motifs is 1. The van der Waals surface area contributed by atoms with Gasteiger partial charge in [-0.2, -0.15) is 11.3 Å². The molecule has 0 aliphatic heterocycles. The fourth-order valence-corrected chi connectivity index (χ4v) is 3.11. The minimum Gasteiger partial charge on any atom is -0.477 e. The zero-order valence-electron chi connectivity index (χ0n) is 14.7. The van der Waals surface area contributed by atoms with Crippen LogP contribution in [0.4, 0.5) is 0 Å². The minimum absolute atomic E-state index is 0.0465. The number of thiophene rings is 1. The Morgan fingerprint density at radius 2 is 2.04 bits per heavy atom. The van der Waals surface area contributed by atoms with E-state index in [1.807, 2.05) is 21.4 Å². The summed E-state index contributed by atoms with van der Waals surface area (Å²) in [6, 6.07) is 5.19. The Hall–Kier alpha value is -3.59. The highest BCUT2D eigenvalue weighted by molar-refractivity contribution is 7.08. The maximum absolute atomic E-state index is 11.0. The normalized spacial score (nSPS) is 10.3. The molecule has 8 nitrogen and oxygen atoms in total. The second kappa shape index (κ2) is 8.87. The molecule has 4 heterocycles. The lowest BCUT2D eigenvalue weighted by Gasteiger charge is -2.04.